The van der Waals surface area contributed by atoms with Gasteiger partial charge in [-0.05, 0) is 0 Å². The normalized spacial score (nSPS) is 13.2. The van der Waals surface area contributed by atoms with E-state index in [-0.39, 0.29) is 23.1 Å². The molecule has 0 spiro atoms. The van der Waals surface area contributed by atoms with Gasteiger partial charge in [0.2, 0.25) is 0 Å². The zero-order valence-corrected chi connectivity index (χ0v) is 10.1. The van der Waals surface area contributed by atoms with Crippen molar-refractivity contribution < 1.29 is 0 Å². The molecule has 0 amide bonds. The van der Waals surface area contributed by atoms with Gasteiger partial charge in [-0.1, -0.05) is 19.8 Å². The van der Waals surface area contributed by atoms with Gasteiger partial charge in [0.05, 0.1) is 0 Å². The van der Waals surface area contributed by atoms with Crippen LogP contribution in [0.1, 0.15) is 34.1 Å². The quantitative estimate of drug-likeness (QED) is 0.423. The molecular weight excluding hydrogens is 156 g/mol. The van der Waals surface area contributed by atoms with Crippen LogP contribution in [0, 0.1) is 18.4 Å². The van der Waals surface area contributed by atoms with Crippen LogP contribution in [0.3, 0.4) is 0 Å². The molecule has 0 heterocycles. The average molecular weight is 175 g/mol. The minimum atomic E-state index is 0. The van der Waals surface area contributed by atoms with Gasteiger partial charge in [0.15, 0.2) is 0 Å². The van der Waals surface area contributed by atoms with Crippen molar-refractivity contribution in [1.29, 1.82) is 0 Å². The van der Waals surface area contributed by atoms with E-state index in [1.165, 1.54) is 5.57 Å². The number of rotatable bonds is 1. The third-order valence-electron chi connectivity index (χ3n) is 1.34. The number of hydrogen-bond donors (Lipinski definition) is 0. The summed E-state index contributed by atoms with van der Waals surface area (Å²) in [6.07, 6.45) is 10.6. The molecule has 0 fully saturated rings. The monoisotopic (exact) mass is 174 g/mol. The zero-order valence-electron chi connectivity index (χ0n) is 8.72. The van der Waals surface area contributed by atoms with Crippen molar-refractivity contribution in [3.8, 4) is 0 Å². The van der Waals surface area contributed by atoms with E-state index >= 15 is 0 Å². The molecule has 0 saturated carbocycles. The second kappa shape index (κ2) is 9.34. The summed E-state index contributed by atoms with van der Waals surface area (Å²) < 4.78 is 0. The fraction of sp³-hybridized carbons (Fsp3) is 0.545. The Balaban J connectivity index is 0. The minimum Gasteiger partial charge on any atom is -0.335 e. The van der Waals surface area contributed by atoms with E-state index in [0.29, 0.717) is 5.92 Å². The predicted octanol–water partition coefficient (Wildman–Crippen LogP) is 3.18. The molecule has 0 radical (unpaired) electrons. The van der Waals surface area contributed by atoms with Gasteiger partial charge in [-0.3, -0.25) is 6.08 Å². The molecule has 1 heteroatoms. The smallest absolute Gasteiger partial charge is 0.335 e. The van der Waals surface area contributed by atoms with Crippen molar-refractivity contribution in [1.82, 2.24) is 0 Å². The van der Waals surface area contributed by atoms with Crippen LogP contribution in [0.4, 0.5) is 0 Å². The molecule has 64 valence electrons. The van der Waals surface area contributed by atoms with Crippen molar-refractivity contribution >= 4 is 23.1 Å². The maximum atomic E-state index is 3.26. The van der Waals surface area contributed by atoms with Gasteiger partial charge in [0.25, 0.3) is 0 Å². The predicted molar refractivity (Wildman–Crippen MR) is 56.8 cm³/mol. The fourth-order valence-corrected chi connectivity index (χ4v) is 0.818. The second-order valence-corrected chi connectivity index (χ2v) is 2.97. The summed E-state index contributed by atoms with van der Waals surface area (Å²) in [4.78, 5) is 0. The third-order valence-corrected chi connectivity index (χ3v) is 1.34. The van der Waals surface area contributed by atoms with Gasteiger partial charge in [-0.2, -0.15) is 19.9 Å². The molecular formula is C11H18Mg. The summed E-state index contributed by atoms with van der Waals surface area (Å²) in [5.41, 5.74) is 1.37. The third kappa shape index (κ3) is 6.93. The van der Waals surface area contributed by atoms with Gasteiger partial charge in [0, 0.05) is 0 Å². The summed E-state index contributed by atoms with van der Waals surface area (Å²) in [5, 5.41) is 0. The molecule has 1 rings (SSSR count). The molecule has 1 aliphatic carbocycles. The first kappa shape index (κ1) is 14.8. The summed E-state index contributed by atoms with van der Waals surface area (Å²) in [6, 6.07) is 0. The van der Waals surface area contributed by atoms with Crippen molar-refractivity contribution in [2.75, 3.05) is 0 Å². The number of allylic oxidation sites excluding steroid dienone is 4. The number of hydrogen-bond acceptors (Lipinski definition) is 0. The maximum absolute atomic E-state index is 3.26. The van der Waals surface area contributed by atoms with E-state index in [9.17, 15) is 0 Å². The van der Waals surface area contributed by atoms with Crippen LogP contribution in [0.2, 0.25) is 0 Å². The van der Waals surface area contributed by atoms with Crippen LogP contribution >= 0.6 is 0 Å². The largest absolute Gasteiger partial charge is 2.00 e. The van der Waals surface area contributed by atoms with Crippen LogP contribution in [0.25, 0.3) is 0 Å². The van der Waals surface area contributed by atoms with Gasteiger partial charge >= 0.3 is 23.1 Å². The molecule has 0 aromatic rings. The van der Waals surface area contributed by atoms with E-state index in [4.69, 9.17) is 0 Å². The Morgan fingerprint density at radius 2 is 1.92 bits per heavy atom. The van der Waals surface area contributed by atoms with Gasteiger partial charge < -0.3 is 6.42 Å². The molecule has 1 aliphatic rings. The summed E-state index contributed by atoms with van der Waals surface area (Å²) in [7, 11) is 0. The topological polar surface area (TPSA) is 0 Å². The van der Waals surface area contributed by atoms with Crippen molar-refractivity contribution in [3.05, 3.63) is 30.2 Å². The molecule has 0 saturated heterocycles. The molecule has 0 aliphatic heterocycles. The Morgan fingerprint density at radius 3 is 2.08 bits per heavy atom. The Bertz CT molecular complexity index is 143. The van der Waals surface area contributed by atoms with Gasteiger partial charge in [-0.25, -0.2) is 11.6 Å². The molecule has 12 heavy (non-hydrogen) atoms. The Kier molecular flexibility index (Phi) is 11.5. The average Bonchev–Trinajstić information content (AvgIpc) is 2.38. The van der Waals surface area contributed by atoms with Crippen LogP contribution in [0.15, 0.2) is 17.7 Å². The van der Waals surface area contributed by atoms with E-state index in [2.05, 4.69) is 32.1 Å². The van der Waals surface area contributed by atoms with Crippen molar-refractivity contribution in [3.63, 3.8) is 0 Å². The van der Waals surface area contributed by atoms with E-state index in [1.807, 2.05) is 20.3 Å². The van der Waals surface area contributed by atoms with Crippen molar-refractivity contribution in [2.24, 2.45) is 5.92 Å². The minimum absolute atomic E-state index is 0. The zero-order chi connectivity index (χ0) is 8.69. The summed E-state index contributed by atoms with van der Waals surface area (Å²) in [5.74, 6) is 0.661. The first-order valence-electron chi connectivity index (χ1n) is 4.23. The van der Waals surface area contributed by atoms with Crippen LogP contribution in [0.5, 0.6) is 0 Å². The Hall–Kier alpha value is 0.246. The van der Waals surface area contributed by atoms with E-state index < -0.39 is 0 Å². The first-order valence-corrected chi connectivity index (χ1v) is 4.23. The molecule has 0 unspecified atom stereocenters. The van der Waals surface area contributed by atoms with Crippen molar-refractivity contribution in [2.45, 2.75) is 34.1 Å². The molecule has 0 aromatic heterocycles. The molecule has 0 nitrogen and oxygen atoms in total. The van der Waals surface area contributed by atoms with E-state index in [1.54, 1.807) is 0 Å². The first-order chi connectivity index (χ1) is 5.22. The molecule has 0 atom stereocenters. The fourth-order valence-electron chi connectivity index (χ4n) is 0.818. The molecule has 0 aromatic carbocycles. The SMILES string of the molecule is CC(C)C1=[C-]CC=C1.C[CH-]C.[Mg+2]. The van der Waals surface area contributed by atoms with Gasteiger partial charge in [-0.15, -0.1) is 6.42 Å². The van der Waals surface area contributed by atoms with Gasteiger partial charge in [0.1, 0.15) is 0 Å². The summed E-state index contributed by atoms with van der Waals surface area (Å²) >= 11 is 0. The maximum Gasteiger partial charge on any atom is 2.00 e. The Morgan fingerprint density at radius 1 is 1.42 bits per heavy atom. The van der Waals surface area contributed by atoms with E-state index in [0.717, 1.165) is 6.42 Å². The molecule has 0 bridgehead atoms. The second-order valence-electron chi connectivity index (χ2n) is 2.97. The van der Waals surface area contributed by atoms with Crippen LogP contribution in [-0.2, 0) is 0 Å². The van der Waals surface area contributed by atoms with Crippen LogP contribution < -0.4 is 0 Å². The molecule has 0 N–H and O–H groups in total. The summed E-state index contributed by atoms with van der Waals surface area (Å²) in [6.45, 7) is 8.38. The Labute approximate surface area is 93.3 Å². The van der Waals surface area contributed by atoms with Crippen LogP contribution in [-0.4, -0.2) is 23.1 Å². The standard InChI is InChI=1S/C8H11.C3H7.Mg/c1-7(2)8-5-3-4-6-8;1-3-2;/h3,5,7H,4H2,1-2H3;3H,1-2H3;/q2*-1;+2.